The molecule has 2 rings (SSSR count). The number of urea groups is 1. The summed E-state index contributed by atoms with van der Waals surface area (Å²) < 4.78 is 15.7. The first-order valence-electron chi connectivity index (χ1n) is 8.18. The number of hydrogen-bond donors (Lipinski definition) is 1. The van der Waals surface area contributed by atoms with E-state index in [0.29, 0.717) is 18.0 Å². The van der Waals surface area contributed by atoms with E-state index in [2.05, 4.69) is 5.32 Å². The van der Waals surface area contributed by atoms with Gasteiger partial charge in [-0.25, -0.2) is 9.59 Å². The number of carbonyl (C=O) groups is 3. The number of methoxy groups -OCH3 is 1. The number of rotatable bonds is 7. The van der Waals surface area contributed by atoms with Crippen molar-refractivity contribution in [3.05, 3.63) is 29.8 Å². The summed E-state index contributed by atoms with van der Waals surface area (Å²) in [4.78, 5) is 36.5. The van der Waals surface area contributed by atoms with Gasteiger partial charge >= 0.3 is 12.0 Å². The Morgan fingerprint density at radius 3 is 2.73 bits per heavy atom. The fourth-order valence-corrected chi connectivity index (χ4v) is 2.42. The number of benzene rings is 1. The normalized spacial score (nSPS) is 14.9. The highest BCUT2D eigenvalue weighted by Crippen LogP contribution is 2.28. The fourth-order valence-electron chi connectivity index (χ4n) is 2.42. The average molecular weight is 362 g/mol. The van der Waals surface area contributed by atoms with Gasteiger partial charge in [-0.15, -0.1) is 0 Å². The van der Waals surface area contributed by atoms with Crippen LogP contribution in [0.5, 0.6) is 11.5 Å². The summed E-state index contributed by atoms with van der Waals surface area (Å²) in [6, 6.07) is 4.80. The molecule has 1 heterocycles. The third-order valence-corrected chi connectivity index (χ3v) is 3.67. The molecule has 8 nitrogen and oxygen atoms in total. The van der Waals surface area contributed by atoms with Crippen molar-refractivity contribution in [3.8, 4) is 11.5 Å². The van der Waals surface area contributed by atoms with Gasteiger partial charge in [0.25, 0.3) is 5.91 Å². The van der Waals surface area contributed by atoms with Crippen molar-refractivity contribution >= 4 is 24.0 Å². The lowest BCUT2D eigenvalue weighted by molar-refractivity contribution is -0.159. The Labute approximate surface area is 151 Å². The smallest absolute Gasteiger partial charge is 0.344 e. The van der Waals surface area contributed by atoms with Crippen LogP contribution in [0.25, 0.3) is 6.08 Å². The molecule has 0 unspecified atom stereocenters. The van der Waals surface area contributed by atoms with Gasteiger partial charge < -0.3 is 19.5 Å². The van der Waals surface area contributed by atoms with Crippen LogP contribution in [0.2, 0.25) is 0 Å². The van der Waals surface area contributed by atoms with E-state index < -0.39 is 24.0 Å². The van der Waals surface area contributed by atoms with E-state index in [4.69, 9.17) is 14.2 Å². The highest BCUT2D eigenvalue weighted by molar-refractivity contribution is 5.98. The van der Waals surface area contributed by atoms with Gasteiger partial charge in [0.2, 0.25) is 0 Å². The molecular formula is C18H22N2O6. The zero-order chi connectivity index (χ0) is 19.1. The van der Waals surface area contributed by atoms with Gasteiger partial charge in [-0.1, -0.05) is 18.2 Å². The van der Waals surface area contributed by atoms with Crippen molar-refractivity contribution in [3.63, 3.8) is 0 Å². The van der Waals surface area contributed by atoms with Crippen molar-refractivity contribution in [2.75, 3.05) is 26.8 Å². The molecule has 1 aliphatic heterocycles. The molecule has 1 aliphatic rings. The third kappa shape index (κ3) is 4.75. The summed E-state index contributed by atoms with van der Waals surface area (Å²) >= 11 is 0. The molecule has 1 saturated heterocycles. The van der Waals surface area contributed by atoms with Gasteiger partial charge in [0.05, 0.1) is 7.11 Å². The summed E-state index contributed by atoms with van der Waals surface area (Å²) in [5, 5.41) is 2.51. The minimum atomic E-state index is -1.08. The van der Waals surface area contributed by atoms with Crippen LogP contribution in [0.15, 0.2) is 24.3 Å². The van der Waals surface area contributed by atoms with Gasteiger partial charge in [-0.2, -0.15) is 0 Å². The Kier molecular flexibility index (Phi) is 6.60. The van der Waals surface area contributed by atoms with E-state index in [1.165, 1.54) is 14.0 Å². The molecule has 140 valence electrons. The number of ether oxygens (including phenoxy) is 3. The molecule has 0 spiro atoms. The molecule has 1 atom stereocenters. The Balaban J connectivity index is 1.90. The summed E-state index contributed by atoms with van der Waals surface area (Å²) in [6.07, 6.45) is 2.72. The van der Waals surface area contributed by atoms with E-state index in [1.807, 2.05) is 25.1 Å². The molecular weight excluding hydrogens is 340 g/mol. The highest BCUT2D eigenvalue weighted by Gasteiger charge is 2.31. The Morgan fingerprint density at radius 1 is 1.35 bits per heavy atom. The van der Waals surface area contributed by atoms with E-state index in [-0.39, 0.29) is 13.2 Å². The maximum absolute atomic E-state index is 12.1. The predicted octanol–water partition coefficient (Wildman–Crippen LogP) is 1.59. The summed E-state index contributed by atoms with van der Waals surface area (Å²) in [5.41, 5.74) is 0.933. The molecule has 1 N–H and O–H groups in total. The summed E-state index contributed by atoms with van der Waals surface area (Å²) in [7, 11) is 1.50. The van der Waals surface area contributed by atoms with Crippen LogP contribution in [-0.2, 0) is 14.3 Å². The molecule has 0 saturated carbocycles. The van der Waals surface area contributed by atoms with Gasteiger partial charge in [0, 0.05) is 13.1 Å². The van der Waals surface area contributed by atoms with Crippen molar-refractivity contribution in [1.82, 2.24) is 10.2 Å². The lowest BCUT2D eigenvalue weighted by Crippen LogP contribution is -2.42. The maximum atomic E-state index is 12.1. The zero-order valence-electron chi connectivity index (χ0n) is 15.0. The molecule has 8 heteroatoms. The van der Waals surface area contributed by atoms with Gasteiger partial charge in [-0.05, 0) is 31.5 Å². The Bertz CT molecular complexity index is 716. The van der Waals surface area contributed by atoms with Crippen LogP contribution in [0.4, 0.5) is 4.79 Å². The minimum absolute atomic E-state index is 0.256. The second-order valence-corrected chi connectivity index (χ2v) is 5.55. The first-order valence-corrected chi connectivity index (χ1v) is 8.18. The number of esters is 1. The summed E-state index contributed by atoms with van der Waals surface area (Å²) in [5.74, 6) is -0.423. The average Bonchev–Trinajstić information content (AvgIpc) is 3.05. The van der Waals surface area contributed by atoms with Gasteiger partial charge in [-0.3, -0.25) is 9.69 Å². The van der Waals surface area contributed by atoms with Crippen LogP contribution < -0.4 is 14.8 Å². The molecule has 3 amide bonds. The van der Waals surface area contributed by atoms with Crippen LogP contribution in [0.3, 0.4) is 0 Å². The molecule has 0 aliphatic carbocycles. The van der Waals surface area contributed by atoms with Crippen molar-refractivity contribution in [1.29, 1.82) is 0 Å². The first-order chi connectivity index (χ1) is 12.5. The molecule has 1 fully saturated rings. The Morgan fingerprint density at radius 2 is 2.12 bits per heavy atom. The molecule has 1 aromatic rings. The molecule has 0 radical (unpaired) electrons. The highest BCUT2D eigenvalue weighted by atomic mass is 16.6. The van der Waals surface area contributed by atoms with E-state index in [0.717, 1.165) is 10.5 Å². The van der Waals surface area contributed by atoms with Crippen molar-refractivity contribution < 1.29 is 28.6 Å². The third-order valence-electron chi connectivity index (χ3n) is 3.67. The SMILES string of the molecule is C/C=C\c1ccc(OCC(=O)O[C@@H](C)C(=O)N2CCNC2=O)c(OC)c1. The molecule has 0 bridgehead atoms. The Hall–Kier alpha value is -3.03. The number of nitrogens with one attached hydrogen (secondary N) is 1. The quantitative estimate of drug-likeness (QED) is 0.741. The standard InChI is InChI=1S/C18H22N2O6/c1-4-5-13-6-7-14(15(10-13)24-3)25-11-16(21)26-12(2)17(22)20-9-8-19-18(20)23/h4-7,10,12H,8-9,11H2,1-3H3,(H,19,23)/b5-4-/t12-/m0/s1. The largest absolute Gasteiger partial charge is 0.493 e. The number of hydrogen-bond acceptors (Lipinski definition) is 6. The molecule has 1 aromatic carbocycles. The molecule has 0 aromatic heterocycles. The number of amides is 3. The van der Waals surface area contributed by atoms with E-state index >= 15 is 0 Å². The van der Waals surface area contributed by atoms with E-state index in [1.54, 1.807) is 12.1 Å². The van der Waals surface area contributed by atoms with Gasteiger partial charge in [0.1, 0.15) is 0 Å². The number of imide groups is 1. The van der Waals surface area contributed by atoms with Gasteiger partial charge in [0.15, 0.2) is 24.2 Å². The molecule has 26 heavy (non-hydrogen) atoms. The number of nitrogens with zero attached hydrogens (tertiary/aromatic N) is 1. The topological polar surface area (TPSA) is 94.2 Å². The predicted molar refractivity (Wildman–Crippen MR) is 93.9 cm³/mol. The lowest BCUT2D eigenvalue weighted by Gasteiger charge is -2.18. The lowest BCUT2D eigenvalue weighted by atomic mass is 10.2. The van der Waals surface area contributed by atoms with Crippen LogP contribution in [-0.4, -0.2) is 55.7 Å². The zero-order valence-corrected chi connectivity index (χ0v) is 15.0. The van der Waals surface area contributed by atoms with Crippen molar-refractivity contribution in [2.45, 2.75) is 20.0 Å². The first kappa shape index (κ1) is 19.3. The second-order valence-electron chi connectivity index (χ2n) is 5.55. The van der Waals surface area contributed by atoms with Crippen LogP contribution in [0, 0.1) is 0 Å². The fraction of sp³-hybridized carbons (Fsp3) is 0.389. The second kappa shape index (κ2) is 8.89. The number of allylic oxidation sites excluding steroid dienone is 1. The monoisotopic (exact) mass is 362 g/mol. The van der Waals surface area contributed by atoms with E-state index in [9.17, 15) is 14.4 Å². The van der Waals surface area contributed by atoms with Crippen LogP contribution in [0.1, 0.15) is 19.4 Å². The van der Waals surface area contributed by atoms with Crippen LogP contribution >= 0.6 is 0 Å². The summed E-state index contributed by atoms with van der Waals surface area (Å²) in [6.45, 7) is 3.58. The minimum Gasteiger partial charge on any atom is -0.493 e. The van der Waals surface area contributed by atoms with Crippen molar-refractivity contribution in [2.24, 2.45) is 0 Å². The maximum Gasteiger partial charge on any atom is 0.344 e. The number of carbonyl (C=O) groups excluding carboxylic acids is 3.